The second kappa shape index (κ2) is 4.74. The molecule has 2 N–H and O–H groups in total. The molecule has 0 aliphatic carbocycles. The van der Waals surface area contributed by atoms with Crippen molar-refractivity contribution in [3.63, 3.8) is 0 Å². The van der Waals surface area contributed by atoms with Crippen molar-refractivity contribution in [1.82, 2.24) is 14.5 Å². The first-order valence-electron chi connectivity index (χ1n) is 6.85. The Morgan fingerprint density at radius 2 is 2.32 bits per heavy atom. The summed E-state index contributed by atoms with van der Waals surface area (Å²) in [4.78, 5) is 17.2. The summed E-state index contributed by atoms with van der Waals surface area (Å²) in [6.45, 7) is 4.98. The van der Waals surface area contributed by atoms with Gasteiger partial charge in [0.15, 0.2) is 0 Å². The lowest BCUT2D eigenvalue weighted by Gasteiger charge is -2.22. The monoisotopic (exact) mass is 261 g/mol. The largest absolute Gasteiger partial charge is 0.506 e. The van der Waals surface area contributed by atoms with Crippen LogP contribution in [0, 0.1) is 0 Å². The van der Waals surface area contributed by atoms with Crippen LogP contribution in [0.3, 0.4) is 0 Å². The number of aromatic nitrogens is 2. The minimum absolute atomic E-state index is 0.132. The van der Waals surface area contributed by atoms with E-state index in [0.717, 1.165) is 25.0 Å². The van der Waals surface area contributed by atoms with Crippen molar-refractivity contribution < 1.29 is 5.11 Å². The fourth-order valence-electron chi connectivity index (χ4n) is 3.08. The van der Waals surface area contributed by atoms with Crippen LogP contribution < -0.4 is 5.69 Å². The highest BCUT2D eigenvalue weighted by atomic mass is 16.3. The van der Waals surface area contributed by atoms with Crippen LogP contribution in [-0.2, 0) is 6.54 Å². The van der Waals surface area contributed by atoms with E-state index in [1.165, 1.54) is 6.42 Å². The molecule has 1 aliphatic heterocycles. The van der Waals surface area contributed by atoms with Gasteiger partial charge >= 0.3 is 5.69 Å². The Hall–Kier alpha value is -1.75. The van der Waals surface area contributed by atoms with Crippen molar-refractivity contribution in [2.24, 2.45) is 0 Å². The molecule has 1 unspecified atom stereocenters. The summed E-state index contributed by atoms with van der Waals surface area (Å²) >= 11 is 0. The number of benzene rings is 1. The minimum atomic E-state index is -0.139. The number of rotatable bonds is 3. The molecular weight excluding hydrogens is 242 g/mol. The van der Waals surface area contributed by atoms with E-state index in [0.29, 0.717) is 18.1 Å². The van der Waals surface area contributed by atoms with E-state index in [1.807, 2.05) is 6.07 Å². The third-order valence-electron chi connectivity index (χ3n) is 4.09. The van der Waals surface area contributed by atoms with Crippen LogP contribution in [0.15, 0.2) is 23.0 Å². The predicted octanol–water partition coefficient (Wildman–Crippen LogP) is 1.52. The molecule has 0 bridgehead atoms. The van der Waals surface area contributed by atoms with Gasteiger partial charge in [0.2, 0.25) is 0 Å². The molecule has 2 aromatic rings. The zero-order valence-corrected chi connectivity index (χ0v) is 11.1. The lowest BCUT2D eigenvalue weighted by molar-refractivity contribution is 0.244. The predicted molar refractivity (Wildman–Crippen MR) is 74.5 cm³/mol. The maximum atomic E-state index is 12.1. The molecule has 102 valence electrons. The van der Waals surface area contributed by atoms with Crippen molar-refractivity contribution in [1.29, 1.82) is 0 Å². The number of aromatic amines is 1. The van der Waals surface area contributed by atoms with Gasteiger partial charge in [0.1, 0.15) is 11.3 Å². The molecule has 1 fully saturated rings. The number of hydrogen-bond acceptors (Lipinski definition) is 3. The normalized spacial score (nSPS) is 20.4. The Balaban J connectivity index is 1.99. The zero-order valence-electron chi connectivity index (χ0n) is 11.1. The lowest BCUT2D eigenvalue weighted by atomic mass is 10.2. The van der Waals surface area contributed by atoms with Gasteiger partial charge < -0.3 is 10.1 Å². The number of likely N-dealkylation sites (tertiary alicyclic amines) is 1. The number of para-hydroxylation sites is 1. The topological polar surface area (TPSA) is 61.3 Å². The Kier molecular flexibility index (Phi) is 3.06. The average Bonchev–Trinajstić information content (AvgIpc) is 2.97. The van der Waals surface area contributed by atoms with Crippen molar-refractivity contribution in [3.05, 3.63) is 28.7 Å². The standard InChI is InChI=1S/C14H19N3O2/c1-2-16-8-4-5-10(16)9-17-11-6-3-7-12(18)13(11)15-14(17)19/h3,6-7,10,18H,2,4-5,8-9H2,1H3,(H,15,19). The van der Waals surface area contributed by atoms with Gasteiger partial charge in [0, 0.05) is 12.6 Å². The van der Waals surface area contributed by atoms with E-state index in [1.54, 1.807) is 16.7 Å². The number of phenolic OH excluding ortho intramolecular Hbond substituents is 1. The maximum absolute atomic E-state index is 12.1. The number of imidazole rings is 1. The second-order valence-electron chi connectivity index (χ2n) is 5.14. The summed E-state index contributed by atoms with van der Waals surface area (Å²) in [7, 11) is 0. The molecule has 0 radical (unpaired) electrons. The second-order valence-corrected chi connectivity index (χ2v) is 5.14. The number of nitrogens with one attached hydrogen (secondary N) is 1. The first-order chi connectivity index (χ1) is 9.20. The van der Waals surface area contributed by atoms with E-state index in [2.05, 4.69) is 16.8 Å². The van der Waals surface area contributed by atoms with Crippen LogP contribution >= 0.6 is 0 Å². The summed E-state index contributed by atoms with van der Waals surface area (Å²) in [6, 6.07) is 5.66. The van der Waals surface area contributed by atoms with Crippen molar-refractivity contribution in [2.45, 2.75) is 32.4 Å². The molecule has 1 saturated heterocycles. The quantitative estimate of drug-likeness (QED) is 0.880. The number of hydrogen-bond donors (Lipinski definition) is 2. The Morgan fingerprint density at radius 3 is 3.11 bits per heavy atom. The molecule has 0 saturated carbocycles. The van der Waals surface area contributed by atoms with Crippen LogP contribution in [0.25, 0.3) is 11.0 Å². The number of H-pyrrole nitrogens is 1. The van der Waals surface area contributed by atoms with Crippen LogP contribution in [0.1, 0.15) is 19.8 Å². The molecular formula is C14H19N3O2. The van der Waals surface area contributed by atoms with E-state index in [9.17, 15) is 9.90 Å². The van der Waals surface area contributed by atoms with Crippen LogP contribution in [-0.4, -0.2) is 38.7 Å². The summed E-state index contributed by atoms with van der Waals surface area (Å²) in [5.41, 5.74) is 1.18. The Labute approximate surface area is 111 Å². The number of aromatic hydroxyl groups is 1. The van der Waals surface area contributed by atoms with Gasteiger partial charge in [-0.1, -0.05) is 13.0 Å². The van der Waals surface area contributed by atoms with E-state index in [4.69, 9.17) is 0 Å². The summed E-state index contributed by atoms with van der Waals surface area (Å²) in [5.74, 6) is 0.132. The molecule has 0 amide bonds. The van der Waals surface area contributed by atoms with Gasteiger partial charge in [-0.05, 0) is 38.1 Å². The fraction of sp³-hybridized carbons (Fsp3) is 0.500. The SMILES string of the molecule is CCN1CCCC1Cn1c(=O)[nH]c2c(O)cccc21. The fourth-order valence-corrected chi connectivity index (χ4v) is 3.08. The molecule has 1 aromatic heterocycles. The molecule has 1 aromatic carbocycles. The van der Waals surface area contributed by atoms with E-state index in [-0.39, 0.29) is 11.4 Å². The molecule has 0 spiro atoms. The molecule has 2 heterocycles. The van der Waals surface area contributed by atoms with Gasteiger partial charge in [0.05, 0.1) is 5.52 Å². The van der Waals surface area contributed by atoms with Crippen molar-refractivity contribution in [2.75, 3.05) is 13.1 Å². The first kappa shape index (κ1) is 12.3. The summed E-state index contributed by atoms with van der Waals surface area (Å²) < 4.78 is 1.74. The van der Waals surface area contributed by atoms with Crippen LogP contribution in [0.2, 0.25) is 0 Å². The Bertz CT molecular complexity index is 644. The molecule has 5 heteroatoms. The summed E-state index contributed by atoms with van der Waals surface area (Å²) in [5, 5.41) is 9.77. The van der Waals surface area contributed by atoms with E-state index >= 15 is 0 Å². The molecule has 1 aliphatic rings. The first-order valence-corrected chi connectivity index (χ1v) is 6.85. The van der Waals surface area contributed by atoms with E-state index < -0.39 is 0 Å². The number of nitrogens with zero attached hydrogens (tertiary/aromatic N) is 2. The number of likely N-dealkylation sites (N-methyl/N-ethyl adjacent to an activating group) is 1. The molecule has 5 nitrogen and oxygen atoms in total. The zero-order chi connectivity index (χ0) is 13.4. The van der Waals surface area contributed by atoms with Crippen molar-refractivity contribution in [3.8, 4) is 5.75 Å². The van der Waals surface area contributed by atoms with Crippen LogP contribution in [0.5, 0.6) is 5.75 Å². The van der Waals surface area contributed by atoms with Gasteiger partial charge in [-0.3, -0.25) is 9.47 Å². The molecule has 19 heavy (non-hydrogen) atoms. The third kappa shape index (κ3) is 2.04. The highest BCUT2D eigenvalue weighted by Gasteiger charge is 2.24. The number of phenols is 1. The lowest BCUT2D eigenvalue weighted by Crippen LogP contribution is -2.35. The summed E-state index contributed by atoms with van der Waals surface area (Å²) in [6.07, 6.45) is 2.33. The van der Waals surface area contributed by atoms with Crippen LogP contribution in [0.4, 0.5) is 0 Å². The Morgan fingerprint density at radius 1 is 1.47 bits per heavy atom. The maximum Gasteiger partial charge on any atom is 0.326 e. The highest BCUT2D eigenvalue weighted by molar-refractivity contribution is 5.81. The molecule has 3 rings (SSSR count). The highest BCUT2D eigenvalue weighted by Crippen LogP contribution is 2.23. The smallest absolute Gasteiger partial charge is 0.326 e. The van der Waals surface area contributed by atoms with Gasteiger partial charge in [-0.15, -0.1) is 0 Å². The number of fused-ring (bicyclic) bond motifs is 1. The third-order valence-corrected chi connectivity index (χ3v) is 4.09. The average molecular weight is 261 g/mol. The van der Waals surface area contributed by atoms with Gasteiger partial charge in [-0.25, -0.2) is 4.79 Å². The van der Waals surface area contributed by atoms with Crippen molar-refractivity contribution >= 4 is 11.0 Å². The van der Waals surface area contributed by atoms with Gasteiger partial charge in [0.25, 0.3) is 0 Å². The molecule has 1 atom stereocenters. The minimum Gasteiger partial charge on any atom is -0.506 e. The van der Waals surface area contributed by atoms with Gasteiger partial charge in [-0.2, -0.15) is 0 Å².